The van der Waals surface area contributed by atoms with Gasteiger partial charge in [0.2, 0.25) is 0 Å². The lowest BCUT2D eigenvalue weighted by molar-refractivity contribution is -0.146. The average Bonchev–Trinajstić information content (AvgIpc) is 2.36. The van der Waals surface area contributed by atoms with Crippen LogP contribution in [0.1, 0.15) is 39.2 Å². The fourth-order valence-electron chi connectivity index (χ4n) is 1.66. The van der Waals surface area contributed by atoms with Gasteiger partial charge in [-0.25, -0.2) is 4.79 Å². The van der Waals surface area contributed by atoms with Crippen LogP contribution in [0, 0.1) is 5.41 Å². The van der Waals surface area contributed by atoms with E-state index in [-0.39, 0.29) is 6.54 Å². The van der Waals surface area contributed by atoms with Gasteiger partial charge in [-0.2, -0.15) is 0 Å². The minimum atomic E-state index is -0.991. The van der Waals surface area contributed by atoms with Crippen LogP contribution in [0.2, 0.25) is 0 Å². The Morgan fingerprint density at radius 3 is 2.40 bits per heavy atom. The quantitative estimate of drug-likeness (QED) is 0.774. The highest BCUT2D eigenvalue weighted by molar-refractivity contribution is 5.90. The van der Waals surface area contributed by atoms with Crippen LogP contribution in [0.15, 0.2) is 24.3 Å². The summed E-state index contributed by atoms with van der Waals surface area (Å²) in [5, 5.41) is 14.3. The summed E-state index contributed by atoms with van der Waals surface area (Å²) in [6, 6.07) is 7.17. The largest absolute Gasteiger partial charge is 0.481 e. The molecule has 0 aliphatic carbocycles. The van der Waals surface area contributed by atoms with Crippen molar-refractivity contribution in [2.45, 2.75) is 33.6 Å². The van der Waals surface area contributed by atoms with Crippen molar-refractivity contribution in [3.63, 3.8) is 0 Å². The number of benzene rings is 1. The lowest BCUT2D eigenvalue weighted by Gasteiger charge is -2.20. The lowest BCUT2D eigenvalue weighted by atomic mass is 9.94. The van der Waals surface area contributed by atoms with Crippen molar-refractivity contribution in [1.82, 2.24) is 5.32 Å². The van der Waals surface area contributed by atoms with Gasteiger partial charge < -0.3 is 15.7 Å². The first-order valence-corrected chi connectivity index (χ1v) is 6.61. The Bertz CT molecular complexity index is 496. The number of carbonyl (C=O) groups excluding carboxylic acids is 1. The number of hydrogen-bond donors (Lipinski definition) is 3. The molecule has 5 nitrogen and oxygen atoms in total. The average molecular weight is 278 g/mol. The zero-order valence-corrected chi connectivity index (χ0v) is 12.4. The summed E-state index contributed by atoms with van der Waals surface area (Å²) in [5.74, 6) is -0.651. The highest BCUT2D eigenvalue weighted by Crippen LogP contribution is 2.23. The molecule has 0 aliphatic heterocycles. The fourth-order valence-corrected chi connectivity index (χ4v) is 1.66. The van der Waals surface area contributed by atoms with E-state index in [4.69, 9.17) is 5.11 Å². The Morgan fingerprint density at radius 2 is 1.85 bits per heavy atom. The number of para-hydroxylation sites is 1. The first kappa shape index (κ1) is 16.0. The van der Waals surface area contributed by atoms with Gasteiger partial charge in [0.1, 0.15) is 0 Å². The third-order valence-corrected chi connectivity index (χ3v) is 3.10. The van der Waals surface area contributed by atoms with Crippen molar-refractivity contribution in [2.75, 3.05) is 11.9 Å². The third kappa shape index (κ3) is 4.26. The highest BCUT2D eigenvalue weighted by atomic mass is 16.4. The number of anilines is 1. The molecule has 0 aromatic heterocycles. The number of carboxylic acid groups (broad SMARTS) is 1. The van der Waals surface area contributed by atoms with E-state index in [2.05, 4.69) is 10.6 Å². The molecule has 0 radical (unpaired) electrons. The maximum Gasteiger partial charge on any atom is 0.319 e. The van der Waals surface area contributed by atoms with E-state index in [1.165, 1.54) is 0 Å². The normalized spacial score (nSPS) is 11.2. The van der Waals surface area contributed by atoms with E-state index < -0.39 is 17.4 Å². The Kier molecular flexibility index (Phi) is 5.13. The summed E-state index contributed by atoms with van der Waals surface area (Å²) >= 11 is 0. The zero-order chi connectivity index (χ0) is 15.3. The summed E-state index contributed by atoms with van der Waals surface area (Å²) in [6.07, 6.45) is 0. The van der Waals surface area contributed by atoms with Crippen LogP contribution in [0.5, 0.6) is 0 Å². The molecular weight excluding hydrogens is 256 g/mol. The van der Waals surface area contributed by atoms with E-state index in [0.29, 0.717) is 5.92 Å². The topological polar surface area (TPSA) is 78.4 Å². The summed E-state index contributed by atoms with van der Waals surface area (Å²) in [5.41, 5.74) is 0.794. The van der Waals surface area contributed by atoms with Gasteiger partial charge in [0, 0.05) is 12.2 Å². The van der Waals surface area contributed by atoms with Gasteiger partial charge in [0.15, 0.2) is 0 Å². The van der Waals surface area contributed by atoms with Crippen LogP contribution in [0.3, 0.4) is 0 Å². The number of amides is 2. The molecule has 0 bridgehead atoms. The van der Waals surface area contributed by atoms with Crippen molar-refractivity contribution in [2.24, 2.45) is 5.41 Å². The van der Waals surface area contributed by atoms with Gasteiger partial charge >= 0.3 is 12.0 Å². The Labute approximate surface area is 119 Å². The number of hydrogen-bond acceptors (Lipinski definition) is 2. The Hall–Kier alpha value is -2.04. The van der Waals surface area contributed by atoms with Gasteiger partial charge in [-0.05, 0) is 31.4 Å². The van der Waals surface area contributed by atoms with Gasteiger partial charge in [-0.1, -0.05) is 32.0 Å². The van der Waals surface area contributed by atoms with Crippen LogP contribution in [0.25, 0.3) is 0 Å². The van der Waals surface area contributed by atoms with Crippen molar-refractivity contribution in [1.29, 1.82) is 0 Å². The molecule has 0 spiro atoms. The van der Waals surface area contributed by atoms with Gasteiger partial charge in [0.05, 0.1) is 5.41 Å². The van der Waals surface area contributed by atoms with Crippen LogP contribution in [0.4, 0.5) is 10.5 Å². The second-order valence-electron chi connectivity index (χ2n) is 5.74. The molecule has 0 atom stereocenters. The molecule has 5 heteroatoms. The molecule has 0 fully saturated rings. The number of nitrogens with one attached hydrogen (secondary N) is 2. The number of carboxylic acids is 1. The zero-order valence-electron chi connectivity index (χ0n) is 12.4. The highest BCUT2D eigenvalue weighted by Gasteiger charge is 2.27. The molecule has 0 saturated carbocycles. The van der Waals surface area contributed by atoms with E-state index in [1.807, 2.05) is 38.1 Å². The lowest BCUT2D eigenvalue weighted by Crippen LogP contribution is -2.40. The predicted molar refractivity (Wildman–Crippen MR) is 79.0 cm³/mol. The predicted octanol–water partition coefficient (Wildman–Crippen LogP) is 3.04. The van der Waals surface area contributed by atoms with Gasteiger partial charge in [-0.15, -0.1) is 0 Å². The SMILES string of the molecule is CC(C)c1ccccc1NC(=O)NCC(C)(C)C(=O)O. The monoisotopic (exact) mass is 278 g/mol. The molecule has 1 rings (SSSR count). The van der Waals surface area contributed by atoms with Crippen molar-refractivity contribution in [3.05, 3.63) is 29.8 Å². The molecule has 1 aromatic rings. The summed E-state index contributed by atoms with van der Waals surface area (Å²) in [6.45, 7) is 7.30. The number of aliphatic carboxylic acids is 1. The smallest absolute Gasteiger partial charge is 0.319 e. The Balaban J connectivity index is 2.66. The molecule has 0 heterocycles. The maximum atomic E-state index is 11.8. The Morgan fingerprint density at radius 1 is 1.25 bits per heavy atom. The molecular formula is C15H22N2O3. The van der Waals surface area contributed by atoms with E-state index in [0.717, 1.165) is 11.3 Å². The van der Waals surface area contributed by atoms with Crippen molar-refractivity contribution < 1.29 is 14.7 Å². The minimum Gasteiger partial charge on any atom is -0.481 e. The molecule has 0 aliphatic rings. The van der Waals surface area contributed by atoms with Crippen molar-refractivity contribution >= 4 is 17.7 Å². The van der Waals surface area contributed by atoms with E-state index in [1.54, 1.807) is 13.8 Å². The molecule has 2 amide bonds. The van der Waals surface area contributed by atoms with Gasteiger partial charge in [0.25, 0.3) is 0 Å². The summed E-state index contributed by atoms with van der Waals surface area (Å²) in [4.78, 5) is 22.8. The van der Waals surface area contributed by atoms with Crippen LogP contribution in [-0.4, -0.2) is 23.7 Å². The standard InChI is InChI=1S/C15H22N2O3/c1-10(2)11-7-5-6-8-12(11)17-14(20)16-9-15(3,4)13(18)19/h5-8,10H,9H2,1-4H3,(H,18,19)(H2,16,17,20). The molecule has 1 aromatic carbocycles. The number of urea groups is 1. The molecule has 0 saturated heterocycles. The van der Waals surface area contributed by atoms with Crippen molar-refractivity contribution in [3.8, 4) is 0 Å². The number of carbonyl (C=O) groups is 2. The van der Waals surface area contributed by atoms with Crippen LogP contribution in [-0.2, 0) is 4.79 Å². The molecule has 110 valence electrons. The third-order valence-electron chi connectivity index (χ3n) is 3.10. The molecule has 3 N–H and O–H groups in total. The molecule has 0 unspecified atom stereocenters. The maximum absolute atomic E-state index is 11.8. The minimum absolute atomic E-state index is 0.0675. The van der Waals surface area contributed by atoms with E-state index >= 15 is 0 Å². The summed E-state index contributed by atoms with van der Waals surface area (Å²) in [7, 11) is 0. The first-order chi connectivity index (χ1) is 9.24. The molecule has 20 heavy (non-hydrogen) atoms. The first-order valence-electron chi connectivity index (χ1n) is 6.61. The number of rotatable bonds is 5. The van der Waals surface area contributed by atoms with Crippen LogP contribution < -0.4 is 10.6 Å². The van der Waals surface area contributed by atoms with Gasteiger partial charge in [-0.3, -0.25) is 4.79 Å². The van der Waals surface area contributed by atoms with Crippen LogP contribution >= 0.6 is 0 Å². The fraction of sp³-hybridized carbons (Fsp3) is 0.467. The second-order valence-corrected chi connectivity index (χ2v) is 5.74. The van der Waals surface area contributed by atoms with E-state index in [9.17, 15) is 9.59 Å². The summed E-state index contributed by atoms with van der Waals surface area (Å²) < 4.78 is 0. The second kappa shape index (κ2) is 6.41.